The molecule has 7 nitrogen and oxygen atoms in total. The number of benzene rings is 1. The van der Waals surface area contributed by atoms with E-state index in [9.17, 15) is 4.79 Å². The van der Waals surface area contributed by atoms with Gasteiger partial charge in [-0.3, -0.25) is 9.59 Å². The second-order valence-corrected chi connectivity index (χ2v) is 7.48. The zero-order valence-electron chi connectivity index (χ0n) is 16.5. The fourth-order valence-electron chi connectivity index (χ4n) is 3.71. The molecule has 2 heterocycles. The molecular weight excluding hydrogens is 346 g/mol. The van der Waals surface area contributed by atoms with E-state index in [1.165, 1.54) is 5.56 Å². The fraction of sp³-hybridized carbons (Fsp3) is 0.600. The Morgan fingerprint density at radius 1 is 1.37 bits per heavy atom. The van der Waals surface area contributed by atoms with E-state index in [0.29, 0.717) is 12.6 Å². The molecule has 1 saturated heterocycles. The molecule has 0 saturated carbocycles. The van der Waals surface area contributed by atoms with E-state index in [1.807, 2.05) is 12.1 Å². The van der Waals surface area contributed by atoms with E-state index >= 15 is 0 Å². The lowest BCUT2D eigenvalue weighted by Gasteiger charge is -2.25. The zero-order valence-corrected chi connectivity index (χ0v) is 16.5. The minimum atomic E-state index is -0.250. The van der Waals surface area contributed by atoms with Gasteiger partial charge in [-0.15, -0.1) is 0 Å². The SMILES string of the molecule is CN1C[C@H](C(=O)NCc2ccc3c(c2)CCO3)CC[C@H](N(C)C)C1.O=CO. The molecule has 3 rings (SSSR count). The van der Waals surface area contributed by atoms with Crippen molar-refractivity contribution in [2.45, 2.75) is 31.8 Å². The number of nitrogens with one attached hydrogen (secondary N) is 1. The van der Waals surface area contributed by atoms with Crippen molar-refractivity contribution in [1.29, 1.82) is 0 Å². The van der Waals surface area contributed by atoms with Crippen LogP contribution in [0, 0.1) is 5.92 Å². The highest BCUT2D eigenvalue weighted by molar-refractivity contribution is 5.78. The third-order valence-corrected chi connectivity index (χ3v) is 5.22. The van der Waals surface area contributed by atoms with Gasteiger partial charge < -0.3 is 25.0 Å². The summed E-state index contributed by atoms with van der Waals surface area (Å²) in [5.41, 5.74) is 2.41. The average Bonchev–Trinajstić information content (AvgIpc) is 3.00. The Hall–Kier alpha value is -2.12. The van der Waals surface area contributed by atoms with E-state index in [2.05, 4.69) is 42.3 Å². The summed E-state index contributed by atoms with van der Waals surface area (Å²) < 4.78 is 5.53. The normalized spacial score (nSPS) is 22.1. The van der Waals surface area contributed by atoms with Crippen molar-refractivity contribution in [1.82, 2.24) is 15.1 Å². The van der Waals surface area contributed by atoms with Crippen molar-refractivity contribution in [2.75, 3.05) is 40.8 Å². The van der Waals surface area contributed by atoms with Gasteiger partial charge >= 0.3 is 0 Å². The van der Waals surface area contributed by atoms with Gasteiger partial charge in [-0.05, 0) is 51.2 Å². The lowest BCUT2D eigenvalue weighted by atomic mass is 10.0. The molecule has 0 aromatic heterocycles. The van der Waals surface area contributed by atoms with Gasteiger partial charge in [0.25, 0.3) is 6.47 Å². The van der Waals surface area contributed by atoms with Crippen LogP contribution in [0.1, 0.15) is 24.0 Å². The van der Waals surface area contributed by atoms with Crippen LogP contribution in [0.15, 0.2) is 18.2 Å². The Morgan fingerprint density at radius 3 is 2.81 bits per heavy atom. The number of likely N-dealkylation sites (tertiary alicyclic amines) is 1. The first-order valence-electron chi connectivity index (χ1n) is 9.39. The van der Waals surface area contributed by atoms with E-state index in [4.69, 9.17) is 14.6 Å². The van der Waals surface area contributed by atoms with Gasteiger partial charge in [0.1, 0.15) is 5.75 Å². The average molecular weight is 377 g/mol. The van der Waals surface area contributed by atoms with Crippen molar-refractivity contribution < 1.29 is 19.4 Å². The lowest BCUT2D eigenvalue weighted by Crippen LogP contribution is -2.39. The summed E-state index contributed by atoms with van der Waals surface area (Å²) in [4.78, 5) is 25.5. The first kappa shape index (κ1) is 21.2. The summed E-state index contributed by atoms with van der Waals surface area (Å²) in [5, 5.41) is 10.0. The number of carboxylic acid groups (broad SMARTS) is 1. The molecule has 7 heteroatoms. The van der Waals surface area contributed by atoms with E-state index < -0.39 is 0 Å². The largest absolute Gasteiger partial charge is 0.493 e. The van der Waals surface area contributed by atoms with E-state index in [1.54, 1.807) is 0 Å². The molecule has 0 unspecified atom stereocenters. The summed E-state index contributed by atoms with van der Waals surface area (Å²) in [5.74, 6) is 1.25. The predicted molar refractivity (Wildman–Crippen MR) is 104 cm³/mol. The van der Waals surface area contributed by atoms with Gasteiger partial charge in [-0.2, -0.15) is 0 Å². The number of carbonyl (C=O) groups is 2. The van der Waals surface area contributed by atoms with Gasteiger partial charge in [0.15, 0.2) is 0 Å². The molecule has 1 aromatic rings. The quantitative estimate of drug-likeness (QED) is 0.768. The maximum atomic E-state index is 12.6. The lowest BCUT2D eigenvalue weighted by molar-refractivity contribution is -0.126. The van der Waals surface area contributed by atoms with Gasteiger partial charge in [0.2, 0.25) is 5.91 Å². The number of ether oxygens (including phenoxy) is 1. The van der Waals surface area contributed by atoms with Crippen LogP contribution in [0.2, 0.25) is 0 Å². The molecule has 2 N–H and O–H groups in total. The van der Waals surface area contributed by atoms with Gasteiger partial charge in [-0.1, -0.05) is 12.1 Å². The first-order valence-corrected chi connectivity index (χ1v) is 9.39. The number of hydrogen-bond acceptors (Lipinski definition) is 5. The third-order valence-electron chi connectivity index (χ3n) is 5.22. The second-order valence-electron chi connectivity index (χ2n) is 7.48. The Balaban J connectivity index is 0.000000817. The molecular formula is C20H31N3O4. The summed E-state index contributed by atoms with van der Waals surface area (Å²) in [6, 6.07) is 6.75. The summed E-state index contributed by atoms with van der Waals surface area (Å²) in [6.07, 6.45) is 3.00. The van der Waals surface area contributed by atoms with E-state index in [0.717, 1.165) is 50.3 Å². The van der Waals surface area contributed by atoms with Crippen molar-refractivity contribution in [3.8, 4) is 5.75 Å². The topological polar surface area (TPSA) is 82.1 Å². The van der Waals surface area contributed by atoms with Crippen LogP contribution in [0.4, 0.5) is 0 Å². The molecule has 1 aromatic carbocycles. The number of hydrogen-bond donors (Lipinski definition) is 2. The molecule has 0 spiro atoms. The summed E-state index contributed by atoms with van der Waals surface area (Å²) in [7, 11) is 6.36. The first-order chi connectivity index (χ1) is 12.9. The minimum Gasteiger partial charge on any atom is -0.493 e. The molecule has 0 aliphatic carbocycles. The van der Waals surface area contributed by atoms with Crippen LogP contribution in [-0.4, -0.2) is 74.2 Å². The Kier molecular flexibility index (Phi) is 8.06. The van der Waals surface area contributed by atoms with Crippen molar-refractivity contribution in [3.63, 3.8) is 0 Å². The fourth-order valence-corrected chi connectivity index (χ4v) is 3.71. The summed E-state index contributed by atoms with van der Waals surface area (Å²) in [6.45, 7) is 2.99. The number of likely N-dealkylation sites (N-methyl/N-ethyl adjacent to an activating group) is 2. The minimum absolute atomic E-state index is 0.0812. The Labute approximate surface area is 161 Å². The van der Waals surface area contributed by atoms with Crippen LogP contribution in [-0.2, 0) is 22.6 Å². The molecule has 0 bridgehead atoms. The maximum Gasteiger partial charge on any atom is 0.290 e. The van der Waals surface area contributed by atoms with E-state index in [-0.39, 0.29) is 18.3 Å². The molecule has 2 aliphatic rings. The molecule has 27 heavy (non-hydrogen) atoms. The second kappa shape index (κ2) is 10.3. The van der Waals surface area contributed by atoms with Crippen LogP contribution in [0.25, 0.3) is 0 Å². The zero-order chi connectivity index (χ0) is 19.8. The smallest absolute Gasteiger partial charge is 0.290 e. The van der Waals surface area contributed by atoms with Gasteiger partial charge in [-0.25, -0.2) is 0 Å². The van der Waals surface area contributed by atoms with Crippen molar-refractivity contribution >= 4 is 12.4 Å². The highest BCUT2D eigenvalue weighted by Gasteiger charge is 2.27. The molecule has 2 atom stereocenters. The van der Waals surface area contributed by atoms with Crippen LogP contribution in [0.5, 0.6) is 5.75 Å². The highest BCUT2D eigenvalue weighted by atomic mass is 16.5. The van der Waals surface area contributed by atoms with Crippen LogP contribution < -0.4 is 10.1 Å². The Bertz CT molecular complexity index is 636. The number of amides is 1. The molecule has 1 fully saturated rings. The number of carbonyl (C=O) groups excluding carboxylic acids is 1. The number of rotatable bonds is 4. The predicted octanol–water partition coefficient (Wildman–Crippen LogP) is 1.21. The Morgan fingerprint density at radius 2 is 2.11 bits per heavy atom. The summed E-state index contributed by atoms with van der Waals surface area (Å²) >= 11 is 0. The molecule has 150 valence electrons. The van der Waals surface area contributed by atoms with Crippen LogP contribution in [0.3, 0.4) is 0 Å². The van der Waals surface area contributed by atoms with Crippen molar-refractivity contribution in [2.24, 2.45) is 5.92 Å². The molecule has 0 radical (unpaired) electrons. The third kappa shape index (κ3) is 6.22. The van der Waals surface area contributed by atoms with Gasteiger partial charge in [0, 0.05) is 32.1 Å². The highest BCUT2D eigenvalue weighted by Crippen LogP contribution is 2.26. The monoisotopic (exact) mass is 377 g/mol. The standard InChI is InChI=1S/C19H29N3O2.CH2O2/c1-21(2)17-6-5-16(12-22(3)13-17)19(23)20-11-14-4-7-18-15(10-14)8-9-24-18;2-1-3/h4,7,10,16-17H,5-6,8-9,11-13H2,1-3H3,(H,20,23);1H,(H,2,3)/t16-,17+;/m1./s1. The molecule has 1 amide bonds. The number of fused-ring (bicyclic) bond motifs is 1. The molecule has 2 aliphatic heterocycles. The van der Waals surface area contributed by atoms with Crippen LogP contribution >= 0.6 is 0 Å². The van der Waals surface area contributed by atoms with Crippen molar-refractivity contribution in [3.05, 3.63) is 29.3 Å². The maximum absolute atomic E-state index is 12.6. The van der Waals surface area contributed by atoms with Gasteiger partial charge in [0.05, 0.1) is 12.5 Å². The number of nitrogens with zero attached hydrogens (tertiary/aromatic N) is 2.